The van der Waals surface area contributed by atoms with Gasteiger partial charge >= 0.3 is 0 Å². The molecular formula is C12H13BrO2S. The Bertz CT molecular complexity index is 404. The minimum atomic E-state index is -0.438. The van der Waals surface area contributed by atoms with Crippen molar-refractivity contribution in [3.63, 3.8) is 0 Å². The number of benzene rings is 1. The van der Waals surface area contributed by atoms with Crippen molar-refractivity contribution < 1.29 is 9.59 Å². The maximum atomic E-state index is 11.7. The van der Waals surface area contributed by atoms with Gasteiger partial charge in [0.05, 0.1) is 0 Å². The van der Waals surface area contributed by atoms with Crippen LogP contribution in [0.2, 0.25) is 0 Å². The van der Waals surface area contributed by atoms with E-state index in [2.05, 4.69) is 15.9 Å². The Kier molecular flexibility index (Phi) is 4.33. The minimum Gasteiger partial charge on any atom is -0.284 e. The maximum Gasteiger partial charge on any atom is 0.260 e. The highest BCUT2D eigenvalue weighted by Gasteiger charge is 2.23. The molecule has 1 aromatic rings. The second-order valence-corrected chi connectivity index (χ2v) is 7.05. The topological polar surface area (TPSA) is 34.1 Å². The Morgan fingerprint density at radius 1 is 1.12 bits per heavy atom. The summed E-state index contributed by atoms with van der Waals surface area (Å²) < 4.78 is 0.655. The molecule has 1 aromatic carbocycles. The van der Waals surface area contributed by atoms with Crippen LogP contribution in [-0.4, -0.2) is 15.6 Å². The number of halogens is 1. The van der Waals surface area contributed by atoms with Crippen molar-refractivity contribution in [2.45, 2.75) is 25.5 Å². The third-order valence-electron chi connectivity index (χ3n) is 1.69. The lowest BCUT2D eigenvalue weighted by atomic mass is 10.1. The van der Waals surface area contributed by atoms with Crippen LogP contribution in [0.4, 0.5) is 0 Å². The monoisotopic (exact) mass is 300 g/mol. The largest absolute Gasteiger partial charge is 0.284 e. The average Bonchev–Trinajstić information content (AvgIpc) is 2.15. The SMILES string of the molecule is CC(C)(C)SC(=O)C(=O)c1ccc(Br)cc1. The fourth-order valence-electron chi connectivity index (χ4n) is 1.04. The molecule has 16 heavy (non-hydrogen) atoms. The molecule has 0 bridgehead atoms. The van der Waals surface area contributed by atoms with E-state index in [1.807, 2.05) is 20.8 Å². The fourth-order valence-corrected chi connectivity index (χ4v) is 2.07. The third kappa shape index (κ3) is 4.10. The van der Waals surface area contributed by atoms with Crippen LogP contribution < -0.4 is 0 Å². The first-order valence-electron chi connectivity index (χ1n) is 4.83. The van der Waals surface area contributed by atoms with Gasteiger partial charge in [-0.05, 0) is 24.3 Å². The molecule has 0 saturated carbocycles. The zero-order valence-corrected chi connectivity index (χ0v) is 11.8. The molecule has 0 fully saturated rings. The van der Waals surface area contributed by atoms with Gasteiger partial charge in [-0.25, -0.2) is 0 Å². The van der Waals surface area contributed by atoms with Crippen molar-refractivity contribution in [3.8, 4) is 0 Å². The number of rotatable bonds is 2. The van der Waals surface area contributed by atoms with Gasteiger partial charge in [0.15, 0.2) is 0 Å². The molecule has 0 saturated heterocycles. The molecular weight excluding hydrogens is 288 g/mol. The Balaban J connectivity index is 2.79. The molecule has 4 heteroatoms. The number of carbonyl (C=O) groups is 2. The van der Waals surface area contributed by atoms with Crippen LogP contribution in [0.3, 0.4) is 0 Å². The van der Waals surface area contributed by atoms with E-state index in [1.54, 1.807) is 24.3 Å². The molecule has 0 heterocycles. The maximum absolute atomic E-state index is 11.7. The van der Waals surface area contributed by atoms with Crippen LogP contribution >= 0.6 is 27.7 Å². The molecule has 0 amide bonds. The lowest BCUT2D eigenvalue weighted by Crippen LogP contribution is -2.18. The zero-order valence-electron chi connectivity index (χ0n) is 9.41. The van der Waals surface area contributed by atoms with Gasteiger partial charge in [-0.3, -0.25) is 9.59 Å². The summed E-state index contributed by atoms with van der Waals surface area (Å²) in [6, 6.07) is 6.80. The summed E-state index contributed by atoms with van der Waals surface area (Å²) in [4.78, 5) is 23.4. The molecule has 0 N–H and O–H groups in total. The van der Waals surface area contributed by atoms with Crippen molar-refractivity contribution in [2.24, 2.45) is 0 Å². The highest BCUT2D eigenvalue weighted by molar-refractivity contribution is 9.10. The summed E-state index contributed by atoms with van der Waals surface area (Å²) in [5, 5.41) is -0.408. The van der Waals surface area contributed by atoms with Crippen LogP contribution in [-0.2, 0) is 4.79 Å². The fraction of sp³-hybridized carbons (Fsp3) is 0.333. The second kappa shape index (κ2) is 5.15. The molecule has 0 aliphatic heterocycles. The van der Waals surface area contributed by atoms with E-state index in [4.69, 9.17) is 0 Å². The lowest BCUT2D eigenvalue weighted by Gasteiger charge is -2.15. The molecule has 0 radical (unpaired) electrons. The van der Waals surface area contributed by atoms with Gasteiger partial charge in [-0.2, -0.15) is 0 Å². The first-order valence-corrected chi connectivity index (χ1v) is 6.44. The summed E-state index contributed by atoms with van der Waals surface area (Å²) in [6.45, 7) is 5.72. The minimum absolute atomic E-state index is 0.234. The van der Waals surface area contributed by atoms with E-state index in [0.29, 0.717) is 5.56 Å². The van der Waals surface area contributed by atoms with Gasteiger partial charge in [0.1, 0.15) is 0 Å². The molecule has 0 atom stereocenters. The molecule has 86 valence electrons. The number of hydrogen-bond acceptors (Lipinski definition) is 3. The van der Waals surface area contributed by atoms with E-state index in [9.17, 15) is 9.59 Å². The summed E-state index contributed by atoms with van der Waals surface area (Å²) in [5.41, 5.74) is 0.435. The van der Waals surface area contributed by atoms with Gasteiger partial charge in [0.25, 0.3) is 5.12 Å². The number of carbonyl (C=O) groups excluding carboxylic acids is 2. The van der Waals surface area contributed by atoms with Crippen LogP contribution in [0.1, 0.15) is 31.1 Å². The van der Waals surface area contributed by atoms with Crippen molar-refractivity contribution in [1.82, 2.24) is 0 Å². The van der Waals surface area contributed by atoms with Crippen LogP contribution in [0.15, 0.2) is 28.7 Å². The second-order valence-electron chi connectivity index (χ2n) is 4.34. The van der Waals surface area contributed by atoms with Gasteiger partial charge in [0.2, 0.25) is 5.78 Å². The quantitative estimate of drug-likeness (QED) is 0.617. The molecule has 1 rings (SSSR count). The molecule has 2 nitrogen and oxygen atoms in total. The summed E-state index contributed by atoms with van der Waals surface area (Å²) in [6.07, 6.45) is 0. The number of hydrogen-bond donors (Lipinski definition) is 0. The van der Waals surface area contributed by atoms with E-state index < -0.39 is 10.9 Å². The smallest absolute Gasteiger partial charge is 0.260 e. The first kappa shape index (κ1) is 13.5. The van der Waals surface area contributed by atoms with Gasteiger partial charge in [-0.15, -0.1) is 0 Å². The van der Waals surface area contributed by atoms with E-state index in [0.717, 1.165) is 16.2 Å². The van der Waals surface area contributed by atoms with Crippen molar-refractivity contribution in [3.05, 3.63) is 34.3 Å². The molecule has 0 aliphatic rings. The number of thioether (sulfide) groups is 1. The van der Waals surface area contributed by atoms with Gasteiger partial charge < -0.3 is 0 Å². The van der Waals surface area contributed by atoms with E-state index >= 15 is 0 Å². The summed E-state index contributed by atoms with van der Waals surface area (Å²) in [5.74, 6) is -0.438. The number of ketones is 1. The van der Waals surface area contributed by atoms with Crippen molar-refractivity contribution >= 4 is 38.6 Å². The Morgan fingerprint density at radius 3 is 2.06 bits per heavy atom. The van der Waals surface area contributed by atoms with Gasteiger partial charge in [0, 0.05) is 14.8 Å². The van der Waals surface area contributed by atoms with Crippen molar-refractivity contribution in [1.29, 1.82) is 0 Å². The highest BCUT2D eigenvalue weighted by atomic mass is 79.9. The van der Waals surface area contributed by atoms with Crippen LogP contribution in [0, 0.1) is 0 Å². The normalized spacial score (nSPS) is 11.2. The standard InChI is InChI=1S/C12H13BrO2S/c1-12(2,3)16-11(15)10(14)8-4-6-9(13)7-5-8/h4-7H,1-3H3. The Labute approximate surface area is 108 Å². The average molecular weight is 301 g/mol. The Hall–Kier alpha value is -0.610. The highest BCUT2D eigenvalue weighted by Crippen LogP contribution is 2.25. The summed E-state index contributed by atoms with van der Waals surface area (Å²) >= 11 is 4.34. The van der Waals surface area contributed by atoms with Crippen LogP contribution in [0.5, 0.6) is 0 Å². The number of Topliss-reactive ketones (excluding diaryl/α,β-unsaturated/α-hetero) is 1. The van der Waals surface area contributed by atoms with Crippen molar-refractivity contribution in [2.75, 3.05) is 0 Å². The predicted molar refractivity (Wildman–Crippen MR) is 70.8 cm³/mol. The molecule has 0 spiro atoms. The molecule has 0 unspecified atom stereocenters. The predicted octanol–water partition coefficient (Wildman–Crippen LogP) is 3.69. The van der Waals surface area contributed by atoms with E-state index in [-0.39, 0.29) is 4.75 Å². The third-order valence-corrected chi connectivity index (χ3v) is 3.20. The Morgan fingerprint density at radius 2 is 1.62 bits per heavy atom. The zero-order chi connectivity index (χ0) is 12.3. The van der Waals surface area contributed by atoms with Gasteiger partial charge in [-0.1, -0.05) is 48.5 Å². The first-order chi connectivity index (χ1) is 7.29. The van der Waals surface area contributed by atoms with Crippen LogP contribution in [0.25, 0.3) is 0 Å². The molecule has 0 aliphatic carbocycles. The van der Waals surface area contributed by atoms with E-state index in [1.165, 1.54) is 0 Å². The summed E-state index contributed by atoms with van der Waals surface area (Å²) in [7, 11) is 0. The lowest BCUT2D eigenvalue weighted by molar-refractivity contribution is -0.107. The molecule has 0 aromatic heterocycles.